The summed E-state index contributed by atoms with van der Waals surface area (Å²) in [6.07, 6.45) is 5.12. The smallest absolute Gasteiger partial charge is 0.263 e. The van der Waals surface area contributed by atoms with Gasteiger partial charge in [-0.2, -0.15) is 10.1 Å². The first-order chi connectivity index (χ1) is 16.5. The molecule has 2 aliphatic heterocycles. The molecule has 1 N–H and O–H groups in total. The van der Waals surface area contributed by atoms with Crippen molar-refractivity contribution in [3.63, 3.8) is 0 Å². The minimum atomic E-state index is -0.635. The van der Waals surface area contributed by atoms with Gasteiger partial charge in [-0.1, -0.05) is 6.42 Å². The Morgan fingerprint density at radius 1 is 1.00 bits per heavy atom. The summed E-state index contributed by atoms with van der Waals surface area (Å²) in [7, 11) is 1.73. The third-order valence-electron chi connectivity index (χ3n) is 6.60. The van der Waals surface area contributed by atoms with Crippen molar-refractivity contribution in [2.24, 2.45) is 7.05 Å². The number of piperazine rings is 1. The molecular weight excluding hydrogens is 444 g/mol. The van der Waals surface area contributed by atoms with Crippen molar-refractivity contribution in [2.75, 3.05) is 62.2 Å². The van der Waals surface area contributed by atoms with Crippen LogP contribution in [0.4, 0.5) is 20.4 Å². The number of ether oxygens (including phenoxy) is 1. The van der Waals surface area contributed by atoms with E-state index in [0.29, 0.717) is 49.8 Å². The van der Waals surface area contributed by atoms with Gasteiger partial charge in [0.2, 0.25) is 5.95 Å². The fourth-order valence-corrected chi connectivity index (χ4v) is 4.72. The molecule has 2 fully saturated rings. The predicted octanol–water partition coefficient (Wildman–Crippen LogP) is 2.13. The Morgan fingerprint density at radius 2 is 1.68 bits per heavy atom. The topological polar surface area (TPSA) is 82.5 Å². The van der Waals surface area contributed by atoms with Gasteiger partial charge in [0.25, 0.3) is 5.56 Å². The van der Waals surface area contributed by atoms with Gasteiger partial charge in [-0.15, -0.1) is 0 Å². The lowest BCUT2D eigenvalue weighted by Crippen LogP contribution is -2.48. The van der Waals surface area contributed by atoms with Crippen molar-refractivity contribution < 1.29 is 13.5 Å². The molecule has 0 unspecified atom stereocenters. The quantitative estimate of drug-likeness (QED) is 0.587. The second-order valence-electron chi connectivity index (χ2n) is 8.86. The molecule has 1 aromatic carbocycles. The van der Waals surface area contributed by atoms with Crippen LogP contribution >= 0.6 is 0 Å². The predicted molar refractivity (Wildman–Crippen MR) is 126 cm³/mol. The molecule has 9 nitrogen and oxygen atoms in total. The normalized spacial score (nSPS) is 17.5. The summed E-state index contributed by atoms with van der Waals surface area (Å²) in [5, 5.41) is 4.50. The van der Waals surface area contributed by atoms with E-state index < -0.39 is 11.6 Å². The third kappa shape index (κ3) is 4.56. The van der Waals surface area contributed by atoms with E-state index in [1.807, 2.05) is 4.90 Å². The van der Waals surface area contributed by atoms with Crippen molar-refractivity contribution in [3.05, 3.63) is 40.3 Å². The van der Waals surface area contributed by atoms with Crippen molar-refractivity contribution in [3.8, 4) is 5.75 Å². The molecule has 2 saturated heterocycles. The van der Waals surface area contributed by atoms with Gasteiger partial charge in [0.05, 0.1) is 6.20 Å². The van der Waals surface area contributed by atoms with Crippen LogP contribution in [0.25, 0.3) is 11.0 Å². The first-order valence-corrected chi connectivity index (χ1v) is 11.8. The van der Waals surface area contributed by atoms with Gasteiger partial charge in [0.1, 0.15) is 23.4 Å². The molecule has 0 aliphatic carbocycles. The number of likely N-dealkylation sites (tertiary alicyclic amines) is 1. The van der Waals surface area contributed by atoms with E-state index in [0.717, 1.165) is 19.6 Å². The van der Waals surface area contributed by atoms with E-state index in [4.69, 9.17) is 4.74 Å². The highest BCUT2D eigenvalue weighted by molar-refractivity contribution is 5.74. The van der Waals surface area contributed by atoms with Gasteiger partial charge in [-0.05, 0) is 25.9 Å². The molecule has 0 bridgehead atoms. The lowest BCUT2D eigenvalue weighted by atomic mass is 10.1. The number of hydrogen-bond acceptors (Lipinski definition) is 7. The van der Waals surface area contributed by atoms with Gasteiger partial charge in [-0.3, -0.25) is 19.4 Å². The average molecular weight is 474 g/mol. The number of aryl methyl sites for hydroxylation is 1. The monoisotopic (exact) mass is 473 g/mol. The average Bonchev–Trinajstić information content (AvgIpc) is 3.21. The molecule has 2 aliphatic rings. The van der Waals surface area contributed by atoms with Gasteiger partial charge in [0, 0.05) is 51.9 Å². The maximum Gasteiger partial charge on any atom is 0.263 e. The molecule has 0 radical (unpaired) electrons. The maximum atomic E-state index is 14.9. The Kier molecular flexibility index (Phi) is 6.36. The van der Waals surface area contributed by atoms with Gasteiger partial charge >= 0.3 is 0 Å². The summed E-state index contributed by atoms with van der Waals surface area (Å²) < 4.78 is 36.9. The van der Waals surface area contributed by atoms with E-state index in [1.54, 1.807) is 16.6 Å². The van der Waals surface area contributed by atoms with Crippen LogP contribution < -0.4 is 20.1 Å². The van der Waals surface area contributed by atoms with E-state index in [9.17, 15) is 13.6 Å². The van der Waals surface area contributed by atoms with E-state index in [1.165, 1.54) is 37.6 Å². The van der Waals surface area contributed by atoms with Crippen LogP contribution in [-0.2, 0) is 7.05 Å². The highest BCUT2D eigenvalue weighted by Gasteiger charge is 2.25. The molecular formula is C23H29F2N7O2. The number of fused-ring (bicyclic) bond motifs is 1. The molecule has 5 rings (SSSR count). The summed E-state index contributed by atoms with van der Waals surface area (Å²) in [6.45, 7) is 4.95. The van der Waals surface area contributed by atoms with Crippen LogP contribution in [0.15, 0.2) is 23.1 Å². The Labute approximate surface area is 195 Å². The molecule has 2 aromatic heterocycles. The highest BCUT2D eigenvalue weighted by atomic mass is 19.1. The minimum absolute atomic E-state index is 0.0495. The van der Waals surface area contributed by atoms with Gasteiger partial charge in [-0.25, -0.2) is 8.78 Å². The summed E-state index contributed by atoms with van der Waals surface area (Å²) in [5.41, 5.74) is 0.184. The Hall–Kier alpha value is -3.21. The van der Waals surface area contributed by atoms with Crippen LogP contribution in [0.1, 0.15) is 19.3 Å². The zero-order valence-electron chi connectivity index (χ0n) is 19.3. The zero-order chi connectivity index (χ0) is 23.7. The van der Waals surface area contributed by atoms with Crippen LogP contribution in [0.5, 0.6) is 5.75 Å². The molecule has 11 heteroatoms. The summed E-state index contributed by atoms with van der Waals surface area (Å²) >= 11 is 0. The molecule has 4 heterocycles. The number of anilines is 2. The Balaban J connectivity index is 1.22. The van der Waals surface area contributed by atoms with Gasteiger partial charge < -0.3 is 14.5 Å². The number of nitrogens with one attached hydrogen (secondary N) is 1. The zero-order valence-corrected chi connectivity index (χ0v) is 19.3. The van der Waals surface area contributed by atoms with Crippen molar-refractivity contribution in [1.82, 2.24) is 24.6 Å². The number of rotatable bonds is 6. The Morgan fingerprint density at radius 3 is 2.38 bits per heavy atom. The summed E-state index contributed by atoms with van der Waals surface area (Å²) in [5.74, 6) is -0.631. The Bertz CT molecular complexity index is 1190. The molecule has 0 spiro atoms. The maximum absolute atomic E-state index is 14.9. The number of benzene rings is 1. The third-order valence-corrected chi connectivity index (χ3v) is 6.60. The minimum Gasteiger partial charge on any atom is -0.492 e. The second kappa shape index (κ2) is 9.57. The number of piperidine rings is 1. The molecule has 182 valence electrons. The number of hydrogen-bond donors (Lipinski definition) is 1. The van der Waals surface area contributed by atoms with Crippen LogP contribution in [0.2, 0.25) is 0 Å². The van der Waals surface area contributed by atoms with Crippen LogP contribution in [0.3, 0.4) is 0 Å². The number of aromatic nitrogens is 4. The van der Waals surface area contributed by atoms with Crippen molar-refractivity contribution in [1.29, 1.82) is 0 Å². The van der Waals surface area contributed by atoms with Crippen LogP contribution in [-0.4, -0.2) is 77.1 Å². The number of nitrogens with zero attached hydrogens (tertiary/aromatic N) is 6. The highest BCUT2D eigenvalue weighted by Crippen LogP contribution is 2.29. The molecule has 0 amide bonds. The molecule has 34 heavy (non-hydrogen) atoms. The fourth-order valence-electron chi connectivity index (χ4n) is 4.72. The largest absolute Gasteiger partial charge is 0.492 e. The van der Waals surface area contributed by atoms with E-state index >= 15 is 0 Å². The van der Waals surface area contributed by atoms with Crippen molar-refractivity contribution in [2.45, 2.75) is 19.3 Å². The van der Waals surface area contributed by atoms with E-state index in [2.05, 4.69) is 20.0 Å². The molecule has 0 atom stereocenters. The van der Waals surface area contributed by atoms with Crippen LogP contribution in [0, 0.1) is 11.6 Å². The number of aromatic amines is 1. The lowest BCUT2D eigenvalue weighted by Gasteiger charge is -2.36. The fraction of sp³-hybridized carbons (Fsp3) is 0.522. The van der Waals surface area contributed by atoms with Crippen molar-refractivity contribution >= 4 is 22.7 Å². The number of halogens is 2. The summed E-state index contributed by atoms with van der Waals surface area (Å²) in [6, 6.07) is 2.52. The number of H-pyrrole nitrogens is 1. The molecule has 3 aromatic rings. The van der Waals surface area contributed by atoms with Gasteiger partial charge in [0.15, 0.2) is 17.3 Å². The van der Waals surface area contributed by atoms with E-state index in [-0.39, 0.29) is 17.0 Å². The second-order valence-corrected chi connectivity index (χ2v) is 8.86. The SMILES string of the molecule is Cn1ncc2c(=O)[nH]c(N3CCN(c4c(F)cc(OCCN5CCCCC5)cc4F)CC3)nc21. The first kappa shape index (κ1) is 22.6. The standard InChI is InChI=1S/C23H29F2N7O2/c1-29-21-17(15-26-29)22(33)28-23(27-21)32-9-7-31(8-10-32)20-18(24)13-16(14-19(20)25)34-12-11-30-5-3-2-4-6-30/h13-15H,2-12H2,1H3,(H,27,28,33). The first-order valence-electron chi connectivity index (χ1n) is 11.8. The summed E-state index contributed by atoms with van der Waals surface area (Å²) in [4.78, 5) is 25.5. The lowest BCUT2D eigenvalue weighted by molar-refractivity contribution is 0.183. The molecule has 0 saturated carbocycles.